The average Bonchev–Trinajstić information content (AvgIpc) is 3.31. The molecule has 1 N–H and O–H groups in total. The van der Waals surface area contributed by atoms with E-state index in [1.807, 2.05) is 36.1 Å². The molecule has 0 aliphatic carbocycles. The van der Waals surface area contributed by atoms with Gasteiger partial charge in [-0.25, -0.2) is 9.78 Å². The highest BCUT2D eigenvalue weighted by atomic mass is 32.1. The minimum Gasteiger partial charge on any atom is -0.456 e. The number of carbonyl (C=O) groups is 2. The van der Waals surface area contributed by atoms with Gasteiger partial charge in [-0.2, -0.15) is 0 Å². The van der Waals surface area contributed by atoms with Crippen LogP contribution in [0.3, 0.4) is 0 Å². The van der Waals surface area contributed by atoms with Gasteiger partial charge in [0.2, 0.25) is 5.91 Å². The van der Waals surface area contributed by atoms with E-state index in [1.165, 1.54) is 23.5 Å². The largest absolute Gasteiger partial charge is 0.456 e. The molecule has 35 heavy (non-hydrogen) atoms. The molecule has 0 radical (unpaired) electrons. The molecule has 0 saturated carbocycles. The molecule has 2 heterocycles. The number of nitro benzene ring substituents is 1. The lowest BCUT2D eigenvalue weighted by Gasteiger charge is -2.28. The summed E-state index contributed by atoms with van der Waals surface area (Å²) in [5.41, 5.74) is 2.69. The van der Waals surface area contributed by atoms with E-state index in [9.17, 15) is 19.7 Å². The molecule has 0 bridgehead atoms. The number of carbonyl (C=O) groups excluding carboxylic acids is 2. The van der Waals surface area contributed by atoms with Crippen LogP contribution in [0.15, 0.2) is 47.8 Å². The fourth-order valence-corrected chi connectivity index (χ4v) is 4.34. The topological polar surface area (TPSA) is 124 Å². The average molecular weight is 497 g/mol. The molecular formula is C24H24N4O6S. The highest BCUT2D eigenvalue weighted by molar-refractivity contribution is 7.09. The Hall–Kier alpha value is -3.83. The van der Waals surface area contributed by atoms with Crippen LogP contribution in [0.4, 0.5) is 17.1 Å². The normalized spacial score (nSPS) is 13.3. The van der Waals surface area contributed by atoms with E-state index in [1.54, 1.807) is 11.4 Å². The van der Waals surface area contributed by atoms with Crippen LogP contribution in [-0.4, -0.2) is 48.1 Å². The quantitative estimate of drug-likeness (QED) is 0.284. The van der Waals surface area contributed by atoms with Crippen molar-refractivity contribution in [1.82, 2.24) is 4.98 Å². The SMILES string of the molecule is Cc1ccc(NC(=O)Cc2nc(COC(=O)c3ccc(N4CCOCC4)c([N+](=O)[O-])c3)cs2)cc1. The highest BCUT2D eigenvalue weighted by Gasteiger charge is 2.24. The number of hydrogen-bond donors (Lipinski definition) is 1. The Balaban J connectivity index is 1.33. The third-order valence-corrected chi connectivity index (χ3v) is 6.25. The number of nitro groups is 1. The molecule has 4 rings (SSSR count). The summed E-state index contributed by atoms with van der Waals surface area (Å²) in [7, 11) is 0. The Labute approximate surface area is 205 Å². The molecule has 1 fully saturated rings. The van der Waals surface area contributed by atoms with Gasteiger partial charge in [0.25, 0.3) is 5.69 Å². The van der Waals surface area contributed by atoms with Crippen molar-refractivity contribution >= 4 is 40.3 Å². The second-order valence-corrected chi connectivity index (χ2v) is 8.90. The number of nitrogens with zero attached hydrogens (tertiary/aromatic N) is 3. The van der Waals surface area contributed by atoms with Crippen LogP contribution in [0.25, 0.3) is 0 Å². The van der Waals surface area contributed by atoms with Crippen molar-refractivity contribution in [3.63, 3.8) is 0 Å². The number of aryl methyl sites for hydroxylation is 1. The van der Waals surface area contributed by atoms with E-state index < -0.39 is 10.9 Å². The zero-order chi connectivity index (χ0) is 24.8. The second kappa shape index (κ2) is 11.1. The third-order valence-electron chi connectivity index (χ3n) is 5.36. The lowest BCUT2D eigenvalue weighted by Crippen LogP contribution is -2.36. The minimum absolute atomic E-state index is 0.0849. The summed E-state index contributed by atoms with van der Waals surface area (Å²) >= 11 is 1.29. The van der Waals surface area contributed by atoms with Gasteiger partial charge in [-0.1, -0.05) is 17.7 Å². The number of benzene rings is 2. The Kier molecular flexibility index (Phi) is 7.68. The fourth-order valence-electron chi connectivity index (χ4n) is 3.57. The first-order chi connectivity index (χ1) is 16.9. The van der Waals surface area contributed by atoms with Gasteiger partial charge < -0.3 is 19.7 Å². The molecule has 1 aromatic heterocycles. The van der Waals surface area contributed by atoms with Crippen LogP contribution in [0.1, 0.15) is 26.6 Å². The number of amides is 1. The molecule has 1 amide bonds. The van der Waals surface area contributed by atoms with Gasteiger partial charge in [0.15, 0.2) is 0 Å². The highest BCUT2D eigenvalue weighted by Crippen LogP contribution is 2.30. The number of nitrogens with one attached hydrogen (secondary N) is 1. The summed E-state index contributed by atoms with van der Waals surface area (Å²) in [6.07, 6.45) is 0.0989. The van der Waals surface area contributed by atoms with Gasteiger partial charge in [0.1, 0.15) is 17.3 Å². The molecule has 0 spiro atoms. The monoisotopic (exact) mass is 496 g/mol. The summed E-state index contributed by atoms with van der Waals surface area (Å²) in [4.78, 5) is 42.1. The minimum atomic E-state index is -0.687. The molecule has 3 aromatic rings. The van der Waals surface area contributed by atoms with Crippen molar-refractivity contribution in [1.29, 1.82) is 0 Å². The van der Waals surface area contributed by atoms with Crippen molar-refractivity contribution < 1.29 is 24.0 Å². The van der Waals surface area contributed by atoms with Crippen molar-refractivity contribution in [2.24, 2.45) is 0 Å². The summed E-state index contributed by atoms with van der Waals surface area (Å²) in [5, 5.41) is 16.7. The van der Waals surface area contributed by atoms with Gasteiger partial charge in [0.05, 0.1) is 35.8 Å². The Morgan fingerprint density at radius 3 is 2.66 bits per heavy atom. The fraction of sp³-hybridized carbons (Fsp3) is 0.292. The molecular weight excluding hydrogens is 472 g/mol. The maximum Gasteiger partial charge on any atom is 0.338 e. The number of thiazole rings is 1. The lowest BCUT2D eigenvalue weighted by atomic mass is 10.1. The summed E-state index contributed by atoms with van der Waals surface area (Å²) in [6, 6.07) is 11.8. The molecule has 1 saturated heterocycles. The number of ether oxygens (including phenoxy) is 2. The molecule has 0 atom stereocenters. The van der Waals surface area contributed by atoms with E-state index >= 15 is 0 Å². The second-order valence-electron chi connectivity index (χ2n) is 7.96. The van der Waals surface area contributed by atoms with E-state index in [0.717, 1.165) is 5.56 Å². The number of rotatable bonds is 8. The molecule has 182 valence electrons. The van der Waals surface area contributed by atoms with Crippen LogP contribution in [0, 0.1) is 17.0 Å². The number of aromatic nitrogens is 1. The van der Waals surface area contributed by atoms with Crippen LogP contribution in [0.5, 0.6) is 0 Å². The first-order valence-electron chi connectivity index (χ1n) is 11.0. The first-order valence-corrected chi connectivity index (χ1v) is 11.8. The smallest absolute Gasteiger partial charge is 0.338 e. The maximum atomic E-state index is 12.5. The number of morpholine rings is 1. The van der Waals surface area contributed by atoms with Crippen molar-refractivity contribution in [3.05, 3.63) is 79.8 Å². The number of esters is 1. The Morgan fingerprint density at radius 2 is 1.94 bits per heavy atom. The van der Waals surface area contributed by atoms with Crippen LogP contribution in [-0.2, 0) is 27.3 Å². The predicted octanol–water partition coefficient (Wildman–Crippen LogP) is 3.73. The van der Waals surface area contributed by atoms with Crippen LogP contribution < -0.4 is 10.2 Å². The summed E-state index contributed by atoms with van der Waals surface area (Å²) in [6.45, 7) is 3.93. The van der Waals surface area contributed by atoms with Crippen LogP contribution in [0.2, 0.25) is 0 Å². The lowest BCUT2D eigenvalue weighted by molar-refractivity contribution is -0.384. The summed E-state index contributed by atoms with van der Waals surface area (Å²) < 4.78 is 10.6. The van der Waals surface area contributed by atoms with E-state index in [2.05, 4.69) is 10.3 Å². The number of anilines is 2. The molecule has 1 aliphatic rings. The zero-order valence-electron chi connectivity index (χ0n) is 19.1. The number of hydrogen-bond acceptors (Lipinski definition) is 9. The van der Waals surface area contributed by atoms with Gasteiger partial charge in [-0.15, -0.1) is 11.3 Å². The molecule has 0 unspecified atom stereocenters. The van der Waals surface area contributed by atoms with Gasteiger partial charge >= 0.3 is 5.97 Å². The maximum absolute atomic E-state index is 12.5. The molecule has 10 nitrogen and oxygen atoms in total. The Morgan fingerprint density at radius 1 is 1.20 bits per heavy atom. The van der Waals surface area contributed by atoms with Crippen molar-refractivity contribution in [2.45, 2.75) is 20.0 Å². The first kappa shape index (κ1) is 24.3. The van der Waals surface area contributed by atoms with E-state index in [4.69, 9.17) is 9.47 Å². The molecule has 1 aliphatic heterocycles. The Bertz CT molecular complexity index is 1220. The van der Waals surface area contributed by atoms with Crippen molar-refractivity contribution in [3.8, 4) is 0 Å². The zero-order valence-corrected chi connectivity index (χ0v) is 19.9. The third kappa shape index (κ3) is 6.40. The summed E-state index contributed by atoms with van der Waals surface area (Å²) in [5.74, 6) is -0.882. The predicted molar refractivity (Wildman–Crippen MR) is 131 cm³/mol. The van der Waals surface area contributed by atoms with Gasteiger partial charge in [0, 0.05) is 30.2 Å². The van der Waals surface area contributed by atoms with E-state index in [0.29, 0.717) is 48.4 Å². The van der Waals surface area contributed by atoms with Gasteiger partial charge in [-0.3, -0.25) is 14.9 Å². The van der Waals surface area contributed by atoms with Crippen molar-refractivity contribution in [2.75, 3.05) is 36.5 Å². The standard InChI is InChI=1S/C24H24N4O6S/c1-16-2-5-18(6-3-16)25-22(29)13-23-26-19(15-35-23)14-34-24(30)17-4-7-20(21(12-17)28(31)32)27-8-10-33-11-9-27/h2-7,12,15H,8-11,13-14H2,1H3,(H,25,29). The molecule has 2 aromatic carbocycles. The van der Waals surface area contributed by atoms with E-state index in [-0.39, 0.29) is 30.2 Å². The van der Waals surface area contributed by atoms with Crippen LogP contribution >= 0.6 is 11.3 Å². The molecule has 11 heteroatoms. The van der Waals surface area contributed by atoms with Gasteiger partial charge in [-0.05, 0) is 31.2 Å².